The third-order valence-corrected chi connectivity index (χ3v) is 5.14. The molecule has 1 saturated heterocycles. The van der Waals surface area contributed by atoms with Crippen LogP contribution in [0, 0.1) is 0 Å². The van der Waals surface area contributed by atoms with Gasteiger partial charge in [-0.1, -0.05) is 0 Å². The molecule has 0 aromatic carbocycles. The van der Waals surface area contributed by atoms with Crippen LogP contribution in [0.15, 0.2) is 36.9 Å². The van der Waals surface area contributed by atoms with E-state index >= 15 is 0 Å². The second-order valence-electron chi connectivity index (χ2n) is 6.81. The number of hydrogen-bond donors (Lipinski definition) is 2. The number of anilines is 1. The molecule has 25 heavy (non-hydrogen) atoms. The number of amides is 2. The third kappa shape index (κ3) is 3.75. The van der Waals surface area contributed by atoms with Crippen LogP contribution in [0.3, 0.4) is 0 Å². The van der Waals surface area contributed by atoms with E-state index in [0.717, 1.165) is 51.1 Å². The van der Waals surface area contributed by atoms with Crippen LogP contribution in [0.4, 0.5) is 10.5 Å². The quantitative estimate of drug-likeness (QED) is 0.889. The third-order valence-electron chi connectivity index (χ3n) is 5.14. The Morgan fingerprint density at radius 3 is 2.52 bits per heavy atom. The van der Waals surface area contributed by atoms with E-state index in [1.807, 2.05) is 36.9 Å². The number of rotatable bonds is 3. The van der Waals surface area contributed by atoms with E-state index in [9.17, 15) is 4.79 Å². The van der Waals surface area contributed by atoms with Crippen molar-refractivity contribution in [1.82, 2.24) is 25.2 Å². The minimum Gasteiger partial charge on any atom is -0.371 e. The number of pyridine rings is 1. The highest BCUT2D eigenvalue weighted by molar-refractivity contribution is 5.74. The van der Waals surface area contributed by atoms with Crippen LogP contribution in [0.2, 0.25) is 0 Å². The van der Waals surface area contributed by atoms with Crippen LogP contribution in [0.1, 0.15) is 25.1 Å². The van der Waals surface area contributed by atoms with Gasteiger partial charge in [-0.05, 0) is 31.4 Å². The predicted octanol–water partition coefficient (Wildman–Crippen LogP) is 1.56. The molecule has 1 fully saturated rings. The first-order chi connectivity index (χ1) is 12.3. The Balaban J connectivity index is 1.23. The molecular formula is C18H24N6O. The summed E-state index contributed by atoms with van der Waals surface area (Å²) in [5, 5.41) is 6.25. The van der Waals surface area contributed by atoms with E-state index in [1.54, 1.807) is 0 Å². The van der Waals surface area contributed by atoms with Crippen LogP contribution in [-0.4, -0.2) is 45.7 Å². The molecule has 132 valence electrons. The van der Waals surface area contributed by atoms with Gasteiger partial charge >= 0.3 is 6.03 Å². The lowest BCUT2D eigenvalue weighted by Crippen LogP contribution is -2.51. The van der Waals surface area contributed by atoms with E-state index in [2.05, 4.69) is 30.1 Å². The molecule has 4 rings (SSSR count). The SMILES string of the molecule is O=C(NC1CCN(c2ccncc2)CC1)NC1CCn2ccnc2C1. The van der Waals surface area contributed by atoms with Gasteiger partial charge in [-0.2, -0.15) is 0 Å². The number of fused-ring (bicyclic) bond motifs is 1. The number of carbonyl (C=O) groups excluding carboxylic acids is 1. The number of urea groups is 1. The molecule has 4 heterocycles. The number of piperidine rings is 1. The Labute approximate surface area is 147 Å². The summed E-state index contributed by atoms with van der Waals surface area (Å²) in [6, 6.07) is 4.43. The molecular weight excluding hydrogens is 316 g/mol. The maximum Gasteiger partial charge on any atom is 0.315 e. The number of aryl methyl sites for hydroxylation is 1. The normalized spacial score (nSPS) is 20.8. The molecule has 0 radical (unpaired) electrons. The summed E-state index contributed by atoms with van der Waals surface area (Å²) in [6.45, 7) is 2.83. The summed E-state index contributed by atoms with van der Waals surface area (Å²) in [6.07, 6.45) is 11.2. The summed E-state index contributed by atoms with van der Waals surface area (Å²) in [5.41, 5.74) is 1.20. The molecule has 2 aromatic heterocycles. The smallest absolute Gasteiger partial charge is 0.315 e. The maximum absolute atomic E-state index is 12.3. The molecule has 2 amide bonds. The molecule has 0 aliphatic carbocycles. The van der Waals surface area contributed by atoms with Crippen molar-refractivity contribution in [3.63, 3.8) is 0 Å². The number of nitrogens with zero attached hydrogens (tertiary/aromatic N) is 4. The molecule has 0 bridgehead atoms. The van der Waals surface area contributed by atoms with Crippen LogP contribution in [0.5, 0.6) is 0 Å². The highest BCUT2D eigenvalue weighted by Crippen LogP contribution is 2.19. The van der Waals surface area contributed by atoms with Crippen molar-refractivity contribution >= 4 is 11.7 Å². The Bertz CT molecular complexity index is 707. The average molecular weight is 340 g/mol. The summed E-state index contributed by atoms with van der Waals surface area (Å²) < 4.78 is 2.16. The second kappa shape index (κ2) is 7.13. The molecule has 7 nitrogen and oxygen atoms in total. The van der Waals surface area contributed by atoms with Crippen molar-refractivity contribution < 1.29 is 4.79 Å². The molecule has 2 aliphatic heterocycles. The molecule has 0 spiro atoms. The van der Waals surface area contributed by atoms with Gasteiger partial charge in [0.1, 0.15) is 5.82 Å². The molecule has 0 saturated carbocycles. The zero-order chi connectivity index (χ0) is 17.1. The Morgan fingerprint density at radius 2 is 1.72 bits per heavy atom. The summed E-state index contributed by atoms with van der Waals surface area (Å²) >= 11 is 0. The van der Waals surface area contributed by atoms with Gasteiger partial charge in [-0.25, -0.2) is 9.78 Å². The van der Waals surface area contributed by atoms with Gasteiger partial charge in [-0.3, -0.25) is 4.98 Å². The molecule has 2 aliphatic rings. The number of imidazole rings is 1. The molecule has 1 unspecified atom stereocenters. The van der Waals surface area contributed by atoms with Gasteiger partial charge < -0.3 is 20.1 Å². The number of aromatic nitrogens is 3. The minimum atomic E-state index is -0.0487. The highest BCUT2D eigenvalue weighted by atomic mass is 16.2. The Kier molecular flexibility index (Phi) is 4.54. The zero-order valence-corrected chi connectivity index (χ0v) is 14.3. The molecule has 1 atom stereocenters. The first-order valence-corrected chi connectivity index (χ1v) is 9.00. The van der Waals surface area contributed by atoms with Crippen molar-refractivity contribution in [2.24, 2.45) is 0 Å². The summed E-state index contributed by atoms with van der Waals surface area (Å²) in [7, 11) is 0. The van der Waals surface area contributed by atoms with E-state index < -0.39 is 0 Å². The van der Waals surface area contributed by atoms with Gasteiger partial charge in [0.25, 0.3) is 0 Å². The fraction of sp³-hybridized carbons (Fsp3) is 0.500. The first-order valence-electron chi connectivity index (χ1n) is 9.00. The second-order valence-corrected chi connectivity index (χ2v) is 6.81. The van der Waals surface area contributed by atoms with Gasteiger partial charge in [-0.15, -0.1) is 0 Å². The first kappa shape index (κ1) is 15.9. The van der Waals surface area contributed by atoms with Gasteiger partial charge in [0.15, 0.2) is 0 Å². The number of carbonyl (C=O) groups is 1. The Morgan fingerprint density at radius 1 is 1.00 bits per heavy atom. The average Bonchev–Trinajstić information content (AvgIpc) is 3.11. The minimum absolute atomic E-state index is 0.0487. The fourth-order valence-electron chi connectivity index (χ4n) is 3.72. The molecule has 2 N–H and O–H groups in total. The number of hydrogen-bond acceptors (Lipinski definition) is 4. The van der Waals surface area contributed by atoms with Crippen LogP contribution >= 0.6 is 0 Å². The highest BCUT2D eigenvalue weighted by Gasteiger charge is 2.24. The lowest BCUT2D eigenvalue weighted by atomic mass is 10.0. The molecule has 2 aromatic rings. The van der Waals surface area contributed by atoms with Crippen LogP contribution in [0.25, 0.3) is 0 Å². The fourth-order valence-corrected chi connectivity index (χ4v) is 3.72. The van der Waals surface area contributed by atoms with Crippen molar-refractivity contribution in [2.45, 2.75) is 44.3 Å². The van der Waals surface area contributed by atoms with Crippen molar-refractivity contribution in [1.29, 1.82) is 0 Å². The molecule has 7 heteroatoms. The summed E-state index contributed by atoms with van der Waals surface area (Å²) in [4.78, 5) is 23.1. The van der Waals surface area contributed by atoms with Crippen molar-refractivity contribution in [3.8, 4) is 0 Å². The van der Waals surface area contributed by atoms with Crippen molar-refractivity contribution in [2.75, 3.05) is 18.0 Å². The van der Waals surface area contributed by atoms with Gasteiger partial charge in [0.05, 0.1) is 0 Å². The van der Waals surface area contributed by atoms with Crippen LogP contribution in [-0.2, 0) is 13.0 Å². The van der Waals surface area contributed by atoms with E-state index in [-0.39, 0.29) is 18.1 Å². The van der Waals surface area contributed by atoms with E-state index in [4.69, 9.17) is 0 Å². The predicted molar refractivity (Wildman–Crippen MR) is 95.5 cm³/mol. The van der Waals surface area contributed by atoms with Crippen LogP contribution < -0.4 is 15.5 Å². The Hall–Kier alpha value is -2.57. The topological polar surface area (TPSA) is 75.1 Å². The van der Waals surface area contributed by atoms with Gasteiger partial charge in [0, 0.05) is 68.6 Å². The van der Waals surface area contributed by atoms with E-state index in [1.165, 1.54) is 5.69 Å². The number of nitrogens with one attached hydrogen (secondary N) is 2. The standard InChI is InChI=1S/C18H24N6O/c25-18(22-15-5-11-24-12-8-20-17(24)13-15)21-14-3-9-23(10-4-14)16-1-6-19-7-2-16/h1-2,6-8,12,14-15H,3-5,9-11,13H2,(H2,21,22,25). The lowest BCUT2D eigenvalue weighted by Gasteiger charge is -2.34. The monoisotopic (exact) mass is 340 g/mol. The lowest BCUT2D eigenvalue weighted by molar-refractivity contribution is 0.227. The maximum atomic E-state index is 12.3. The van der Waals surface area contributed by atoms with Crippen molar-refractivity contribution in [3.05, 3.63) is 42.7 Å². The van der Waals surface area contributed by atoms with E-state index in [0.29, 0.717) is 0 Å². The largest absolute Gasteiger partial charge is 0.371 e. The zero-order valence-electron chi connectivity index (χ0n) is 14.3. The van der Waals surface area contributed by atoms with Gasteiger partial charge in [0.2, 0.25) is 0 Å². The summed E-state index contributed by atoms with van der Waals surface area (Å²) in [5.74, 6) is 1.06.